The SMILES string of the molecule is Cc1sc2nc(CN3CCN([C@H](C)C(=O)Nc4ccc5c(c4)OCCO5)CC3)[nH]c(=O)c2c1C. The van der Waals surface area contributed by atoms with Crippen LogP contribution in [0.15, 0.2) is 23.0 Å². The molecule has 0 saturated carbocycles. The van der Waals surface area contributed by atoms with Gasteiger partial charge in [0.2, 0.25) is 5.91 Å². The molecule has 180 valence electrons. The fourth-order valence-corrected chi connectivity index (χ4v) is 5.48. The molecule has 1 amide bonds. The van der Waals surface area contributed by atoms with Crippen molar-refractivity contribution in [1.82, 2.24) is 19.8 Å². The Bertz CT molecular complexity index is 1280. The van der Waals surface area contributed by atoms with Crippen LogP contribution >= 0.6 is 11.3 Å². The molecule has 0 bridgehead atoms. The van der Waals surface area contributed by atoms with Crippen LogP contribution in [0.2, 0.25) is 0 Å². The number of nitrogens with zero attached hydrogens (tertiary/aromatic N) is 3. The summed E-state index contributed by atoms with van der Waals surface area (Å²) in [6.45, 7) is 10.7. The molecular weight excluding hydrogens is 454 g/mol. The minimum atomic E-state index is -0.262. The molecule has 1 fully saturated rings. The van der Waals surface area contributed by atoms with E-state index in [9.17, 15) is 9.59 Å². The molecule has 2 aliphatic rings. The molecule has 2 aromatic heterocycles. The minimum absolute atomic E-state index is 0.0509. The number of hydrogen-bond donors (Lipinski definition) is 2. The molecule has 2 aliphatic heterocycles. The van der Waals surface area contributed by atoms with Crippen molar-refractivity contribution in [2.45, 2.75) is 33.4 Å². The first-order valence-corrected chi connectivity index (χ1v) is 12.4. The van der Waals surface area contributed by atoms with E-state index in [1.807, 2.05) is 32.9 Å². The van der Waals surface area contributed by atoms with Crippen LogP contribution in [0.3, 0.4) is 0 Å². The van der Waals surface area contributed by atoms with Crippen LogP contribution in [0.4, 0.5) is 5.69 Å². The van der Waals surface area contributed by atoms with Crippen LogP contribution in [-0.2, 0) is 11.3 Å². The summed E-state index contributed by atoms with van der Waals surface area (Å²) in [5.74, 6) is 2.00. The number of amides is 1. The summed E-state index contributed by atoms with van der Waals surface area (Å²) in [6.07, 6.45) is 0. The molecule has 0 aliphatic carbocycles. The number of aryl methyl sites for hydroxylation is 2. The molecule has 3 aromatic rings. The number of rotatable bonds is 5. The maximum Gasteiger partial charge on any atom is 0.259 e. The van der Waals surface area contributed by atoms with Gasteiger partial charge in [-0.05, 0) is 38.5 Å². The number of anilines is 1. The molecule has 0 spiro atoms. The van der Waals surface area contributed by atoms with E-state index in [4.69, 9.17) is 14.5 Å². The molecule has 5 rings (SSSR count). The molecule has 1 saturated heterocycles. The van der Waals surface area contributed by atoms with Gasteiger partial charge in [-0.1, -0.05) is 0 Å². The van der Waals surface area contributed by atoms with Crippen LogP contribution in [0, 0.1) is 13.8 Å². The van der Waals surface area contributed by atoms with Gasteiger partial charge in [0.25, 0.3) is 5.56 Å². The number of ether oxygens (including phenoxy) is 2. The summed E-state index contributed by atoms with van der Waals surface area (Å²) >= 11 is 1.57. The summed E-state index contributed by atoms with van der Waals surface area (Å²) in [5.41, 5.74) is 1.64. The van der Waals surface area contributed by atoms with E-state index >= 15 is 0 Å². The van der Waals surface area contributed by atoms with E-state index in [1.165, 1.54) is 0 Å². The molecule has 9 nitrogen and oxygen atoms in total. The van der Waals surface area contributed by atoms with Gasteiger partial charge in [-0.2, -0.15) is 0 Å². The predicted octanol–water partition coefficient (Wildman–Crippen LogP) is 2.52. The van der Waals surface area contributed by atoms with Gasteiger partial charge >= 0.3 is 0 Å². The number of piperazine rings is 1. The van der Waals surface area contributed by atoms with E-state index in [0.717, 1.165) is 41.5 Å². The first-order chi connectivity index (χ1) is 16.4. The first kappa shape index (κ1) is 22.8. The summed E-state index contributed by atoms with van der Waals surface area (Å²) in [6, 6.07) is 5.19. The molecule has 34 heavy (non-hydrogen) atoms. The largest absolute Gasteiger partial charge is 0.486 e. The Labute approximate surface area is 201 Å². The molecule has 4 heterocycles. The third-order valence-corrected chi connectivity index (χ3v) is 7.71. The zero-order valence-electron chi connectivity index (χ0n) is 19.6. The number of thiophene rings is 1. The Morgan fingerprint density at radius 3 is 2.68 bits per heavy atom. The van der Waals surface area contributed by atoms with Gasteiger partial charge in [0.05, 0.1) is 18.0 Å². The molecule has 0 radical (unpaired) electrons. The van der Waals surface area contributed by atoms with E-state index in [1.54, 1.807) is 17.4 Å². The maximum atomic E-state index is 12.9. The lowest BCUT2D eigenvalue weighted by molar-refractivity contribution is -0.121. The number of H-pyrrole nitrogens is 1. The maximum absolute atomic E-state index is 12.9. The zero-order chi connectivity index (χ0) is 23.8. The molecule has 10 heteroatoms. The number of nitrogens with one attached hydrogen (secondary N) is 2. The summed E-state index contributed by atoms with van der Waals surface area (Å²) in [4.78, 5) is 39.4. The smallest absolute Gasteiger partial charge is 0.259 e. The van der Waals surface area contributed by atoms with Crippen molar-refractivity contribution in [3.8, 4) is 11.5 Å². The topological polar surface area (TPSA) is 99.8 Å². The van der Waals surface area contributed by atoms with Crippen molar-refractivity contribution in [3.63, 3.8) is 0 Å². The second-order valence-electron chi connectivity index (χ2n) is 8.81. The number of carbonyl (C=O) groups is 1. The monoisotopic (exact) mass is 483 g/mol. The molecule has 0 unspecified atom stereocenters. The van der Waals surface area contributed by atoms with Gasteiger partial charge < -0.3 is 19.8 Å². The average molecular weight is 484 g/mol. The Morgan fingerprint density at radius 1 is 1.18 bits per heavy atom. The number of aromatic nitrogens is 2. The Morgan fingerprint density at radius 2 is 1.91 bits per heavy atom. The average Bonchev–Trinajstić information content (AvgIpc) is 3.12. The normalized spacial score (nSPS) is 17.6. The van der Waals surface area contributed by atoms with Crippen LogP contribution in [0.1, 0.15) is 23.2 Å². The van der Waals surface area contributed by atoms with E-state index in [-0.39, 0.29) is 17.5 Å². The highest BCUT2D eigenvalue weighted by Crippen LogP contribution is 2.32. The molecular formula is C24H29N5O4S. The van der Waals surface area contributed by atoms with Crippen LogP contribution in [0.5, 0.6) is 11.5 Å². The Kier molecular flexibility index (Phi) is 6.28. The van der Waals surface area contributed by atoms with Crippen LogP contribution in [0.25, 0.3) is 10.2 Å². The number of fused-ring (bicyclic) bond motifs is 2. The van der Waals surface area contributed by atoms with Gasteiger partial charge in [0, 0.05) is 42.8 Å². The fraction of sp³-hybridized carbons (Fsp3) is 0.458. The number of benzene rings is 1. The highest BCUT2D eigenvalue weighted by molar-refractivity contribution is 7.18. The second kappa shape index (κ2) is 9.36. The minimum Gasteiger partial charge on any atom is -0.486 e. The number of aromatic amines is 1. The van der Waals surface area contributed by atoms with Gasteiger partial charge in [-0.15, -0.1) is 11.3 Å². The predicted molar refractivity (Wildman–Crippen MR) is 132 cm³/mol. The second-order valence-corrected chi connectivity index (χ2v) is 10.0. The summed E-state index contributed by atoms with van der Waals surface area (Å²) in [5, 5.41) is 3.69. The first-order valence-electron chi connectivity index (χ1n) is 11.5. The van der Waals surface area contributed by atoms with Gasteiger partial charge in [0.1, 0.15) is 23.9 Å². The Hall–Kier alpha value is -2.95. The zero-order valence-corrected chi connectivity index (χ0v) is 20.5. The summed E-state index contributed by atoms with van der Waals surface area (Å²) < 4.78 is 11.1. The highest BCUT2D eigenvalue weighted by Gasteiger charge is 2.26. The van der Waals surface area contributed by atoms with Crippen molar-refractivity contribution in [2.75, 3.05) is 44.7 Å². The van der Waals surface area contributed by atoms with E-state index < -0.39 is 0 Å². The number of hydrogen-bond acceptors (Lipinski definition) is 8. The van der Waals surface area contributed by atoms with Crippen molar-refractivity contribution < 1.29 is 14.3 Å². The third kappa shape index (κ3) is 4.53. The van der Waals surface area contributed by atoms with Crippen molar-refractivity contribution in [1.29, 1.82) is 0 Å². The van der Waals surface area contributed by atoms with Gasteiger partial charge in [-0.3, -0.25) is 19.4 Å². The fourth-order valence-electron chi connectivity index (χ4n) is 4.43. The van der Waals surface area contributed by atoms with E-state index in [2.05, 4.69) is 20.1 Å². The lowest BCUT2D eigenvalue weighted by Gasteiger charge is -2.37. The number of carbonyl (C=O) groups excluding carboxylic acids is 1. The van der Waals surface area contributed by atoms with Gasteiger partial charge in [-0.25, -0.2) is 4.98 Å². The van der Waals surface area contributed by atoms with Gasteiger partial charge in [0.15, 0.2) is 11.5 Å². The third-order valence-electron chi connectivity index (χ3n) is 6.61. The van der Waals surface area contributed by atoms with Crippen LogP contribution < -0.4 is 20.3 Å². The summed E-state index contributed by atoms with van der Waals surface area (Å²) in [7, 11) is 0. The standard InChI is InChI=1S/C24H29N5O4S/c1-14-16(3)34-24-21(14)23(31)26-20(27-24)13-28-6-8-29(9-7-28)15(2)22(30)25-17-4-5-18-19(12-17)33-11-10-32-18/h4-5,12,15H,6-11,13H2,1-3H3,(H,25,30)(H,26,27,31)/t15-/m1/s1. The Balaban J connectivity index is 1.17. The lowest BCUT2D eigenvalue weighted by Crippen LogP contribution is -2.52. The van der Waals surface area contributed by atoms with Crippen LogP contribution in [-0.4, -0.2) is 71.1 Å². The van der Waals surface area contributed by atoms with E-state index in [0.29, 0.717) is 48.2 Å². The quantitative estimate of drug-likeness (QED) is 0.575. The van der Waals surface area contributed by atoms with Crippen molar-refractivity contribution in [2.24, 2.45) is 0 Å². The lowest BCUT2D eigenvalue weighted by atomic mass is 10.2. The molecule has 1 aromatic carbocycles. The molecule has 1 atom stereocenters. The van der Waals surface area contributed by atoms with Crippen molar-refractivity contribution in [3.05, 3.63) is 44.8 Å². The van der Waals surface area contributed by atoms with Crippen molar-refractivity contribution >= 4 is 33.1 Å². The highest BCUT2D eigenvalue weighted by atomic mass is 32.1. The molecule has 2 N–H and O–H groups in total.